The van der Waals surface area contributed by atoms with Gasteiger partial charge in [-0.1, -0.05) is 12.1 Å². The van der Waals surface area contributed by atoms with Gasteiger partial charge in [-0.15, -0.1) is 0 Å². The summed E-state index contributed by atoms with van der Waals surface area (Å²) < 4.78 is 5.07. The zero-order chi connectivity index (χ0) is 7.40. The topological polar surface area (TPSA) is 35.2 Å². The molecule has 2 N–H and O–H groups in total. The number of nitrogens with two attached hydrogens (primary N) is 1. The van der Waals surface area contributed by atoms with Crippen molar-refractivity contribution in [2.24, 2.45) is 0 Å². The molecule has 54 valence electrons. The SMILES string of the molecule is Nc1ccc(CO[SiH3])cc1. The van der Waals surface area contributed by atoms with Crippen molar-refractivity contribution in [2.45, 2.75) is 6.61 Å². The lowest BCUT2D eigenvalue weighted by Crippen LogP contribution is -1.89. The molecule has 0 atom stereocenters. The van der Waals surface area contributed by atoms with E-state index in [1.54, 1.807) is 0 Å². The molecule has 0 fully saturated rings. The van der Waals surface area contributed by atoms with Gasteiger partial charge in [0.25, 0.3) is 0 Å². The third-order valence-electron chi connectivity index (χ3n) is 1.29. The molecule has 0 aliphatic heterocycles. The molecule has 2 nitrogen and oxygen atoms in total. The Morgan fingerprint density at radius 1 is 1.30 bits per heavy atom. The van der Waals surface area contributed by atoms with Crippen LogP contribution >= 0.6 is 0 Å². The first-order chi connectivity index (χ1) is 4.83. The van der Waals surface area contributed by atoms with Gasteiger partial charge in [-0.3, -0.25) is 0 Å². The van der Waals surface area contributed by atoms with Crippen molar-refractivity contribution in [3.05, 3.63) is 29.8 Å². The highest BCUT2D eigenvalue weighted by Gasteiger charge is 1.88. The van der Waals surface area contributed by atoms with Gasteiger partial charge in [0.15, 0.2) is 0 Å². The highest BCUT2D eigenvalue weighted by atomic mass is 28.2. The largest absolute Gasteiger partial charge is 0.424 e. The first-order valence-corrected chi connectivity index (χ1v) is 3.98. The van der Waals surface area contributed by atoms with Crippen LogP contribution in [-0.2, 0) is 11.0 Å². The van der Waals surface area contributed by atoms with Crippen molar-refractivity contribution in [1.29, 1.82) is 0 Å². The Balaban J connectivity index is 2.69. The number of hydrogen-bond donors (Lipinski definition) is 1. The Labute approximate surface area is 63.5 Å². The molecule has 0 bridgehead atoms. The zero-order valence-electron chi connectivity index (χ0n) is 6.00. The molecule has 0 aromatic heterocycles. The van der Waals surface area contributed by atoms with Gasteiger partial charge < -0.3 is 10.2 Å². The monoisotopic (exact) mass is 153 g/mol. The normalized spacial score (nSPS) is 10.0. The summed E-state index contributed by atoms with van der Waals surface area (Å²) in [6.07, 6.45) is 0. The number of nitrogen functional groups attached to an aromatic ring is 1. The quantitative estimate of drug-likeness (QED) is 0.482. The van der Waals surface area contributed by atoms with Crippen LogP contribution in [0.5, 0.6) is 0 Å². The average Bonchev–Trinajstić information content (AvgIpc) is 1.95. The molecule has 0 saturated heterocycles. The molecular formula is C7H11NOSi. The first-order valence-electron chi connectivity index (χ1n) is 3.16. The van der Waals surface area contributed by atoms with Gasteiger partial charge in [-0.05, 0) is 17.7 Å². The van der Waals surface area contributed by atoms with Gasteiger partial charge >= 0.3 is 0 Å². The van der Waals surface area contributed by atoms with E-state index in [0.717, 1.165) is 16.2 Å². The molecule has 0 heterocycles. The number of rotatable bonds is 2. The van der Waals surface area contributed by atoms with Crippen LogP contribution in [0.2, 0.25) is 0 Å². The lowest BCUT2D eigenvalue weighted by atomic mass is 10.2. The first kappa shape index (κ1) is 7.31. The molecular weight excluding hydrogens is 142 g/mol. The van der Waals surface area contributed by atoms with E-state index >= 15 is 0 Å². The van der Waals surface area contributed by atoms with Crippen LogP contribution in [0.4, 0.5) is 5.69 Å². The fourth-order valence-corrected chi connectivity index (χ4v) is 1.11. The van der Waals surface area contributed by atoms with Gasteiger partial charge in [-0.25, -0.2) is 0 Å². The standard InChI is InChI=1S/C7H11NOSi/c8-7-3-1-6(2-4-7)5-9-10/h1-4H,5,8H2,10H3. The fraction of sp³-hybridized carbons (Fsp3) is 0.143. The van der Waals surface area contributed by atoms with Gasteiger partial charge in [0.1, 0.15) is 10.5 Å². The average molecular weight is 153 g/mol. The van der Waals surface area contributed by atoms with Gasteiger partial charge in [-0.2, -0.15) is 0 Å². The minimum absolute atomic E-state index is 0.715. The third kappa shape index (κ3) is 1.86. The Hall–Kier alpha value is -0.803. The summed E-state index contributed by atoms with van der Waals surface area (Å²) in [7, 11) is 0.791. The van der Waals surface area contributed by atoms with Crippen molar-refractivity contribution in [3.8, 4) is 0 Å². The number of hydrogen-bond acceptors (Lipinski definition) is 2. The summed E-state index contributed by atoms with van der Waals surface area (Å²) in [6.45, 7) is 0.715. The van der Waals surface area contributed by atoms with Crippen molar-refractivity contribution < 1.29 is 4.43 Å². The molecule has 1 aromatic rings. The Morgan fingerprint density at radius 3 is 2.40 bits per heavy atom. The van der Waals surface area contributed by atoms with Crippen LogP contribution in [0.15, 0.2) is 24.3 Å². The highest BCUT2D eigenvalue weighted by Crippen LogP contribution is 2.05. The maximum atomic E-state index is 5.49. The molecule has 0 aliphatic rings. The van der Waals surface area contributed by atoms with E-state index < -0.39 is 0 Å². The van der Waals surface area contributed by atoms with Gasteiger partial charge in [0.2, 0.25) is 0 Å². The predicted molar refractivity (Wildman–Crippen MR) is 45.6 cm³/mol. The molecule has 1 rings (SSSR count). The Kier molecular flexibility index (Phi) is 2.47. The smallest absolute Gasteiger partial charge is 0.146 e. The molecule has 0 amide bonds. The van der Waals surface area contributed by atoms with Crippen LogP contribution in [0, 0.1) is 0 Å². The van der Waals surface area contributed by atoms with E-state index in [2.05, 4.69) is 0 Å². The Bertz CT molecular complexity index is 197. The number of benzene rings is 1. The maximum absolute atomic E-state index is 5.49. The van der Waals surface area contributed by atoms with Crippen molar-refractivity contribution in [3.63, 3.8) is 0 Å². The van der Waals surface area contributed by atoms with E-state index in [4.69, 9.17) is 10.2 Å². The van der Waals surface area contributed by atoms with Gasteiger partial charge in [0.05, 0.1) is 6.61 Å². The summed E-state index contributed by atoms with van der Waals surface area (Å²) in [5.41, 5.74) is 7.48. The predicted octanol–water partition coefficient (Wildman–Crippen LogP) is 0.0658. The van der Waals surface area contributed by atoms with E-state index in [9.17, 15) is 0 Å². The van der Waals surface area contributed by atoms with E-state index in [0.29, 0.717) is 6.61 Å². The van der Waals surface area contributed by atoms with Crippen LogP contribution in [0.25, 0.3) is 0 Å². The fourth-order valence-electron chi connectivity index (χ4n) is 0.781. The second-order valence-electron chi connectivity index (χ2n) is 2.17. The second-order valence-corrected chi connectivity index (χ2v) is 2.75. The summed E-state index contributed by atoms with van der Waals surface area (Å²) >= 11 is 0. The molecule has 3 heteroatoms. The van der Waals surface area contributed by atoms with Crippen LogP contribution in [0.1, 0.15) is 5.56 Å². The van der Waals surface area contributed by atoms with E-state index in [1.165, 1.54) is 5.56 Å². The van der Waals surface area contributed by atoms with Crippen LogP contribution in [0.3, 0.4) is 0 Å². The minimum Gasteiger partial charge on any atom is -0.424 e. The van der Waals surface area contributed by atoms with Crippen LogP contribution in [-0.4, -0.2) is 10.5 Å². The van der Waals surface area contributed by atoms with Crippen molar-refractivity contribution >= 4 is 16.2 Å². The van der Waals surface area contributed by atoms with Crippen LogP contribution < -0.4 is 5.73 Å². The summed E-state index contributed by atoms with van der Waals surface area (Å²) in [5.74, 6) is 0. The van der Waals surface area contributed by atoms with Gasteiger partial charge in [0, 0.05) is 5.69 Å². The maximum Gasteiger partial charge on any atom is 0.146 e. The second kappa shape index (κ2) is 3.39. The third-order valence-corrected chi connectivity index (χ3v) is 1.58. The lowest BCUT2D eigenvalue weighted by molar-refractivity contribution is 0.338. The van der Waals surface area contributed by atoms with Crippen molar-refractivity contribution in [2.75, 3.05) is 5.73 Å². The molecule has 0 spiro atoms. The zero-order valence-corrected chi connectivity index (χ0v) is 8.00. The molecule has 10 heavy (non-hydrogen) atoms. The molecule has 0 unspecified atom stereocenters. The summed E-state index contributed by atoms with van der Waals surface area (Å²) in [4.78, 5) is 0. The van der Waals surface area contributed by atoms with E-state index in [1.807, 2.05) is 24.3 Å². The molecule has 0 saturated carbocycles. The molecule has 0 radical (unpaired) electrons. The highest BCUT2D eigenvalue weighted by molar-refractivity contribution is 5.97. The Morgan fingerprint density at radius 2 is 1.90 bits per heavy atom. The summed E-state index contributed by atoms with van der Waals surface area (Å²) in [6, 6.07) is 7.73. The molecule has 1 aromatic carbocycles. The molecule has 0 aliphatic carbocycles. The minimum atomic E-state index is 0.715. The van der Waals surface area contributed by atoms with E-state index in [-0.39, 0.29) is 0 Å². The van der Waals surface area contributed by atoms with Crippen molar-refractivity contribution in [1.82, 2.24) is 0 Å². The number of anilines is 1. The summed E-state index contributed by atoms with van der Waals surface area (Å²) in [5, 5.41) is 0. The lowest BCUT2D eigenvalue weighted by Gasteiger charge is -1.98.